The molecule has 1 N–H and O–H groups in total. The summed E-state index contributed by atoms with van der Waals surface area (Å²) in [6, 6.07) is 2.95. The van der Waals surface area contributed by atoms with Crippen molar-refractivity contribution in [3.63, 3.8) is 0 Å². The van der Waals surface area contributed by atoms with E-state index < -0.39 is 12.0 Å². The molecule has 0 unspecified atom stereocenters. The summed E-state index contributed by atoms with van der Waals surface area (Å²) >= 11 is 0. The molecule has 0 saturated carbocycles. The maximum atomic E-state index is 12.5. The summed E-state index contributed by atoms with van der Waals surface area (Å²) < 4.78 is 0. The van der Waals surface area contributed by atoms with Gasteiger partial charge in [-0.15, -0.1) is 0 Å². The third-order valence-corrected chi connectivity index (χ3v) is 4.72. The van der Waals surface area contributed by atoms with Crippen LogP contribution in [0.1, 0.15) is 48.9 Å². The van der Waals surface area contributed by atoms with E-state index >= 15 is 0 Å². The highest BCUT2D eigenvalue weighted by molar-refractivity contribution is 5.96. The number of carboxylic acid groups (broad SMARTS) is 1. The molecule has 3 rings (SSSR count). The van der Waals surface area contributed by atoms with Crippen LogP contribution < -0.4 is 4.90 Å². The third-order valence-electron chi connectivity index (χ3n) is 4.72. The van der Waals surface area contributed by atoms with E-state index in [-0.39, 0.29) is 5.91 Å². The van der Waals surface area contributed by atoms with E-state index in [1.165, 1.54) is 30.6 Å². The molecule has 0 aromatic carbocycles. The molecule has 23 heavy (non-hydrogen) atoms. The van der Waals surface area contributed by atoms with Crippen LogP contribution >= 0.6 is 0 Å². The van der Waals surface area contributed by atoms with Gasteiger partial charge in [-0.2, -0.15) is 0 Å². The zero-order chi connectivity index (χ0) is 16.2. The molecule has 1 aromatic heterocycles. The van der Waals surface area contributed by atoms with E-state index in [0.29, 0.717) is 18.5 Å². The van der Waals surface area contributed by atoms with E-state index in [1.54, 1.807) is 12.3 Å². The Kier molecular flexibility index (Phi) is 4.79. The Balaban J connectivity index is 1.71. The number of anilines is 1. The molecule has 0 bridgehead atoms. The molecule has 3 heterocycles. The minimum absolute atomic E-state index is 0.232. The van der Waals surface area contributed by atoms with Crippen molar-refractivity contribution in [3.05, 3.63) is 23.9 Å². The van der Waals surface area contributed by atoms with Gasteiger partial charge in [0.05, 0.1) is 5.56 Å². The fourth-order valence-corrected chi connectivity index (χ4v) is 3.43. The van der Waals surface area contributed by atoms with E-state index in [9.17, 15) is 14.7 Å². The van der Waals surface area contributed by atoms with Crippen molar-refractivity contribution >= 4 is 17.7 Å². The number of likely N-dealkylation sites (tertiary alicyclic amines) is 1. The van der Waals surface area contributed by atoms with Crippen LogP contribution in [0, 0.1) is 0 Å². The molecule has 1 atom stereocenters. The Labute approximate surface area is 136 Å². The fourth-order valence-electron chi connectivity index (χ4n) is 3.43. The number of pyridine rings is 1. The van der Waals surface area contributed by atoms with Gasteiger partial charge in [0.25, 0.3) is 5.91 Å². The second-order valence-corrected chi connectivity index (χ2v) is 6.30. The first kappa shape index (κ1) is 15.8. The minimum Gasteiger partial charge on any atom is -0.480 e. The van der Waals surface area contributed by atoms with Crippen molar-refractivity contribution < 1.29 is 14.7 Å². The summed E-state index contributed by atoms with van der Waals surface area (Å²) in [5.74, 6) is -0.255. The predicted molar refractivity (Wildman–Crippen MR) is 86.6 cm³/mol. The molecule has 6 nitrogen and oxygen atoms in total. The van der Waals surface area contributed by atoms with Gasteiger partial charge >= 0.3 is 5.97 Å². The van der Waals surface area contributed by atoms with Crippen molar-refractivity contribution in [3.8, 4) is 0 Å². The lowest BCUT2D eigenvalue weighted by Gasteiger charge is -2.23. The molecule has 124 valence electrons. The Bertz CT molecular complexity index is 565. The summed E-state index contributed by atoms with van der Waals surface area (Å²) in [6.45, 7) is 2.52. The number of amides is 1. The second kappa shape index (κ2) is 6.98. The molecule has 2 aliphatic heterocycles. The summed E-state index contributed by atoms with van der Waals surface area (Å²) in [7, 11) is 0. The normalized spacial score (nSPS) is 22.0. The maximum Gasteiger partial charge on any atom is 0.326 e. The number of nitrogens with zero attached hydrogens (tertiary/aromatic N) is 3. The zero-order valence-corrected chi connectivity index (χ0v) is 13.3. The minimum atomic E-state index is -0.926. The van der Waals surface area contributed by atoms with Gasteiger partial charge < -0.3 is 14.9 Å². The summed E-state index contributed by atoms with van der Waals surface area (Å²) in [6.07, 6.45) is 7.73. The van der Waals surface area contributed by atoms with Crippen LogP contribution in [-0.4, -0.2) is 52.5 Å². The fraction of sp³-hybridized carbons (Fsp3) is 0.588. The number of rotatable bonds is 3. The van der Waals surface area contributed by atoms with Crippen LogP contribution in [0.15, 0.2) is 18.3 Å². The number of hydrogen-bond acceptors (Lipinski definition) is 4. The highest BCUT2D eigenvalue weighted by Gasteiger charge is 2.34. The lowest BCUT2D eigenvalue weighted by molar-refractivity contribution is -0.141. The quantitative estimate of drug-likeness (QED) is 0.924. The van der Waals surface area contributed by atoms with Crippen molar-refractivity contribution in [2.45, 2.75) is 44.6 Å². The van der Waals surface area contributed by atoms with Crippen molar-refractivity contribution in [1.29, 1.82) is 0 Å². The summed E-state index contributed by atoms with van der Waals surface area (Å²) in [5, 5.41) is 9.20. The van der Waals surface area contributed by atoms with Crippen LogP contribution in [0.3, 0.4) is 0 Å². The van der Waals surface area contributed by atoms with Gasteiger partial charge in [-0.3, -0.25) is 4.79 Å². The number of aromatic nitrogens is 1. The smallest absolute Gasteiger partial charge is 0.326 e. The van der Waals surface area contributed by atoms with Gasteiger partial charge in [-0.05, 0) is 37.8 Å². The van der Waals surface area contributed by atoms with E-state index in [1.807, 2.05) is 6.07 Å². The monoisotopic (exact) mass is 317 g/mol. The number of aliphatic carboxylic acids is 1. The van der Waals surface area contributed by atoms with Gasteiger partial charge in [-0.1, -0.05) is 12.8 Å². The van der Waals surface area contributed by atoms with Crippen LogP contribution in [0.4, 0.5) is 5.82 Å². The second-order valence-electron chi connectivity index (χ2n) is 6.30. The lowest BCUT2D eigenvalue weighted by Crippen LogP contribution is -2.40. The topological polar surface area (TPSA) is 73.7 Å². The molecule has 0 radical (unpaired) electrons. The highest BCUT2D eigenvalue weighted by Crippen LogP contribution is 2.22. The number of hydrogen-bond donors (Lipinski definition) is 1. The first-order valence-electron chi connectivity index (χ1n) is 8.41. The molecule has 1 aromatic rings. The Hall–Kier alpha value is -2.11. The van der Waals surface area contributed by atoms with Gasteiger partial charge in [0.1, 0.15) is 11.9 Å². The molecular formula is C17H23N3O3. The van der Waals surface area contributed by atoms with E-state index in [2.05, 4.69) is 9.88 Å². The van der Waals surface area contributed by atoms with Gasteiger partial charge in [0.15, 0.2) is 0 Å². The number of carbonyl (C=O) groups is 2. The van der Waals surface area contributed by atoms with Crippen molar-refractivity contribution in [1.82, 2.24) is 9.88 Å². The molecule has 2 aliphatic rings. The standard InChI is InChI=1S/C17H23N3O3/c21-16(20-11-5-6-14(20)17(22)23)13-7-8-15(18-12-13)19-9-3-1-2-4-10-19/h7-8,12,14H,1-6,9-11H2,(H,22,23)/t14-/m1/s1. The first-order valence-corrected chi connectivity index (χ1v) is 8.41. The molecule has 0 spiro atoms. The molecule has 2 fully saturated rings. The number of carboxylic acids is 1. The lowest BCUT2D eigenvalue weighted by atomic mass is 10.2. The zero-order valence-electron chi connectivity index (χ0n) is 13.3. The average molecular weight is 317 g/mol. The molecular weight excluding hydrogens is 294 g/mol. The van der Waals surface area contributed by atoms with E-state index in [0.717, 1.165) is 25.3 Å². The van der Waals surface area contributed by atoms with Crippen LogP contribution in [0.25, 0.3) is 0 Å². The van der Waals surface area contributed by atoms with Gasteiger partial charge in [0, 0.05) is 25.8 Å². The predicted octanol–water partition coefficient (Wildman–Crippen LogP) is 2.15. The van der Waals surface area contributed by atoms with Crippen molar-refractivity contribution in [2.75, 3.05) is 24.5 Å². The Morgan fingerprint density at radius 1 is 1.04 bits per heavy atom. The molecule has 0 aliphatic carbocycles. The van der Waals surface area contributed by atoms with Crippen LogP contribution in [0.2, 0.25) is 0 Å². The maximum absolute atomic E-state index is 12.5. The largest absolute Gasteiger partial charge is 0.480 e. The summed E-state index contributed by atoms with van der Waals surface area (Å²) in [5.41, 5.74) is 0.469. The van der Waals surface area contributed by atoms with Crippen LogP contribution in [-0.2, 0) is 4.79 Å². The molecule has 6 heteroatoms. The molecule has 2 saturated heterocycles. The average Bonchev–Trinajstić information content (AvgIpc) is 2.90. The van der Waals surface area contributed by atoms with E-state index in [4.69, 9.17) is 0 Å². The Morgan fingerprint density at radius 2 is 1.78 bits per heavy atom. The third kappa shape index (κ3) is 3.46. The van der Waals surface area contributed by atoms with Gasteiger partial charge in [-0.25, -0.2) is 9.78 Å². The van der Waals surface area contributed by atoms with Crippen LogP contribution in [0.5, 0.6) is 0 Å². The van der Waals surface area contributed by atoms with Crippen molar-refractivity contribution in [2.24, 2.45) is 0 Å². The molecule has 1 amide bonds. The SMILES string of the molecule is O=C(O)[C@H]1CCCN1C(=O)c1ccc(N2CCCCCC2)nc1. The Morgan fingerprint density at radius 3 is 2.39 bits per heavy atom. The first-order chi connectivity index (χ1) is 11.2. The number of carbonyl (C=O) groups excluding carboxylic acids is 1. The highest BCUT2D eigenvalue weighted by atomic mass is 16.4. The summed E-state index contributed by atoms with van der Waals surface area (Å²) in [4.78, 5) is 31.9. The van der Waals surface area contributed by atoms with Gasteiger partial charge in [0.2, 0.25) is 0 Å².